The monoisotopic (exact) mass is 345 g/mol. The molecule has 0 spiro atoms. The first-order valence-corrected chi connectivity index (χ1v) is 8.40. The molecular weight excluding hydrogens is 330 g/mol. The molecule has 2 aliphatic rings. The molecule has 24 heavy (non-hydrogen) atoms. The zero-order valence-electron chi connectivity index (χ0n) is 13.1. The molecule has 0 amide bonds. The maximum atomic E-state index is 6.19. The summed E-state index contributed by atoms with van der Waals surface area (Å²) >= 11 is 6.19. The minimum absolute atomic E-state index is 0.298. The number of nitrogens with zero attached hydrogens (tertiary/aromatic N) is 4. The molecule has 124 valence electrons. The Labute approximate surface area is 143 Å². The molecule has 3 aromatic rings. The van der Waals surface area contributed by atoms with E-state index < -0.39 is 0 Å². The highest BCUT2D eigenvalue weighted by Gasteiger charge is 2.34. The third-order valence-corrected chi connectivity index (χ3v) is 5.13. The molecule has 2 fully saturated rings. The average molecular weight is 346 g/mol. The Morgan fingerprint density at radius 2 is 2.08 bits per heavy atom. The fraction of sp³-hybridized carbons (Fsp3) is 0.438. The van der Waals surface area contributed by atoms with Crippen molar-refractivity contribution >= 4 is 39.5 Å². The molecule has 5 heterocycles. The molecule has 0 aliphatic carbocycles. The first-order valence-electron chi connectivity index (χ1n) is 8.02. The Kier molecular flexibility index (Phi) is 3.08. The number of hydrogen-bond acceptors (Lipinski definition) is 7. The van der Waals surface area contributed by atoms with Crippen LogP contribution < -0.4 is 15.0 Å². The third kappa shape index (κ3) is 2.04. The molecule has 0 radical (unpaired) electrons. The van der Waals surface area contributed by atoms with Gasteiger partial charge >= 0.3 is 6.01 Å². The van der Waals surface area contributed by atoms with Gasteiger partial charge in [-0.2, -0.15) is 9.97 Å². The number of nitrogens with one attached hydrogen (secondary N) is 1. The van der Waals surface area contributed by atoms with Gasteiger partial charge in [0.2, 0.25) is 5.71 Å². The number of aromatic nitrogens is 3. The van der Waals surface area contributed by atoms with Gasteiger partial charge in [-0.3, -0.25) is 0 Å². The smallest absolute Gasteiger partial charge is 0.321 e. The number of methoxy groups -OCH3 is 1. The van der Waals surface area contributed by atoms with Gasteiger partial charge < -0.3 is 19.4 Å². The number of piperazine rings is 1. The predicted octanol–water partition coefficient (Wildman–Crippen LogP) is 2.37. The van der Waals surface area contributed by atoms with Gasteiger partial charge in [0.1, 0.15) is 5.82 Å². The molecule has 1 N–H and O–H groups in total. The zero-order chi connectivity index (χ0) is 16.3. The van der Waals surface area contributed by atoms with Gasteiger partial charge in [-0.05, 0) is 18.9 Å². The lowest BCUT2D eigenvalue weighted by Gasteiger charge is -2.34. The van der Waals surface area contributed by atoms with E-state index in [0.717, 1.165) is 29.7 Å². The summed E-state index contributed by atoms with van der Waals surface area (Å²) in [5.74, 6) is 0.844. The topological polar surface area (TPSA) is 76.3 Å². The first kappa shape index (κ1) is 14.2. The molecule has 2 aliphatic heterocycles. The maximum Gasteiger partial charge on any atom is 0.321 e. The van der Waals surface area contributed by atoms with E-state index in [4.69, 9.17) is 20.8 Å². The van der Waals surface area contributed by atoms with E-state index in [1.165, 1.54) is 12.8 Å². The van der Waals surface area contributed by atoms with Crippen LogP contribution in [0.3, 0.4) is 0 Å². The highest BCUT2D eigenvalue weighted by atomic mass is 35.5. The van der Waals surface area contributed by atoms with Crippen LogP contribution in [0.4, 0.5) is 5.82 Å². The minimum Gasteiger partial charge on any atom is -0.467 e. The van der Waals surface area contributed by atoms with Crippen molar-refractivity contribution in [3.05, 3.63) is 17.4 Å². The van der Waals surface area contributed by atoms with Crippen molar-refractivity contribution in [2.24, 2.45) is 0 Å². The van der Waals surface area contributed by atoms with E-state index in [-0.39, 0.29) is 0 Å². The first-order chi connectivity index (χ1) is 11.7. The molecule has 2 saturated heterocycles. The molecule has 5 rings (SSSR count). The second-order valence-corrected chi connectivity index (χ2v) is 6.70. The van der Waals surface area contributed by atoms with Crippen LogP contribution in [0.1, 0.15) is 12.8 Å². The molecular formula is C16H16ClN5O2. The maximum absolute atomic E-state index is 6.19. The lowest BCUT2D eigenvalue weighted by atomic mass is 10.2. The fourth-order valence-corrected chi connectivity index (χ4v) is 4.02. The van der Waals surface area contributed by atoms with Crippen LogP contribution in [-0.4, -0.2) is 47.2 Å². The van der Waals surface area contributed by atoms with E-state index >= 15 is 0 Å². The number of pyridine rings is 1. The Hall–Kier alpha value is -2.12. The lowest BCUT2D eigenvalue weighted by Crippen LogP contribution is -2.51. The third-order valence-electron chi connectivity index (χ3n) is 4.86. The Bertz CT molecular complexity index is 931. The van der Waals surface area contributed by atoms with Crippen molar-refractivity contribution in [3.8, 4) is 6.01 Å². The van der Waals surface area contributed by atoms with Crippen LogP contribution in [0, 0.1) is 0 Å². The molecule has 8 heteroatoms. The number of furan rings is 1. The van der Waals surface area contributed by atoms with Gasteiger partial charge in [0.15, 0.2) is 10.7 Å². The van der Waals surface area contributed by atoms with Crippen molar-refractivity contribution in [2.45, 2.75) is 24.9 Å². The van der Waals surface area contributed by atoms with Gasteiger partial charge in [-0.15, -0.1) is 0 Å². The quantitative estimate of drug-likeness (QED) is 0.714. The highest BCUT2D eigenvalue weighted by Crippen LogP contribution is 2.38. The van der Waals surface area contributed by atoms with Crippen molar-refractivity contribution in [2.75, 3.05) is 25.1 Å². The molecule has 2 atom stereocenters. The highest BCUT2D eigenvalue weighted by molar-refractivity contribution is 6.34. The number of hydrogen-bond donors (Lipinski definition) is 1. The molecule has 7 nitrogen and oxygen atoms in total. The minimum atomic E-state index is 0.298. The Morgan fingerprint density at radius 1 is 1.29 bits per heavy atom. The summed E-state index contributed by atoms with van der Waals surface area (Å²) in [6, 6.07) is 3.20. The Balaban J connectivity index is 1.76. The normalized spacial score (nSPS) is 23.3. The summed E-state index contributed by atoms with van der Waals surface area (Å²) in [6.45, 7) is 1.83. The van der Waals surface area contributed by atoms with Gasteiger partial charge in [0, 0.05) is 36.8 Å². The van der Waals surface area contributed by atoms with Crippen LogP contribution >= 0.6 is 11.6 Å². The number of ether oxygens (including phenoxy) is 1. The van der Waals surface area contributed by atoms with E-state index in [9.17, 15) is 0 Å². The number of fused-ring (bicyclic) bond motifs is 5. The van der Waals surface area contributed by atoms with E-state index in [1.54, 1.807) is 13.3 Å². The fourth-order valence-electron chi connectivity index (χ4n) is 3.82. The van der Waals surface area contributed by atoms with Crippen molar-refractivity contribution in [3.63, 3.8) is 0 Å². The van der Waals surface area contributed by atoms with E-state index in [2.05, 4.69) is 25.2 Å². The van der Waals surface area contributed by atoms with Crippen molar-refractivity contribution in [1.82, 2.24) is 20.3 Å². The summed E-state index contributed by atoms with van der Waals surface area (Å²) in [5.41, 5.74) is 1.02. The standard InChI is InChI=1S/C16H16ClN5O2/c1-23-16-20-14(22-6-8-2-3-9(7-22)19-8)11-10-4-5-18-13(17)12(10)24-15(11)21-16/h4-5,8-9,19H,2-3,6-7H2,1H3. The van der Waals surface area contributed by atoms with E-state index in [0.29, 0.717) is 34.5 Å². The van der Waals surface area contributed by atoms with E-state index in [1.807, 2.05) is 6.07 Å². The lowest BCUT2D eigenvalue weighted by molar-refractivity contribution is 0.378. The molecule has 0 aromatic carbocycles. The largest absolute Gasteiger partial charge is 0.467 e. The van der Waals surface area contributed by atoms with Crippen LogP contribution in [0.15, 0.2) is 16.7 Å². The predicted molar refractivity (Wildman–Crippen MR) is 90.8 cm³/mol. The number of rotatable bonds is 2. The second-order valence-electron chi connectivity index (χ2n) is 6.34. The Morgan fingerprint density at radius 3 is 2.83 bits per heavy atom. The van der Waals surface area contributed by atoms with Crippen LogP contribution in [-0.2, 0) is 0 Å². The summed E-state index contributed by atoms with van der Waals surface area (Å²) in [6.07, 6.45) is 4.08. The summed E-state index contributed by atoms with van der Waals surface area (Å²) in [5, 5.41) is 5.72. The van der Waals surface area contributed by atoms with Gasteiger partial charge in [-0.25, -0.2) is 4.98 Å². The van der Waals surface area contributed by atoms with Crippen molar-refractivity contribution < 1.29 is 9.15 Å². The van der Waals surface area contributed by atoms with Crippen molar-refractivity contribution in [1.29, 1.82) is 0 Å². The van der Waals surface area contributed by atoms with Gasteiger partial charge in [0.05, 0.1) is 12.5 Å². The molecule has 2 unspecified atom stereocenters. The SMILES string of the molecule is COc1nc(N2CC3CCC(C2)N3)c2c(n1)oc1c(Cl)nccc12. The zero-order valence-corrected chi connectivity index (χ0v) is 13.9. The average Bonchev–Trinajstić information content (AvgIpc) is 3.14. The van der Waals surface area contributed by atoms with Gasteiger partial charge in [-0.1, -0.05) is 11.6 Å². The summed E-state index contributed by atoms with van der Waals surface area (Å²) < 4.78 is 11.1. The summed E-state index contributed by atoms with van der Waals surface area (Å²) in [4.78, 5) is 15.4. The number of anilines is 1. The molecule has 2 bridgehead atoms. The molecule has 0 saturated carbocycles. The second kappa shape index (κ2) is 5.19. The molecule has 3 aromatic heterocycles. The number of halogens is 1. The van der Waals surface area contributed by atoms with Crippen LogP contribution in [0.25, 0.3) is 22.1 Å². The summed E-state index contributed by atoms with van der Waals surface area (Å²) in [7, 11) is 1.56. The van der Waals surface area contributed by atoms with Crippen LogP contribution in [0.5, 0.6) is 6.01 Å². The van der Waals surface area contributed by atoms with Gasteiger partial charge in [0.25, 0.3) is 0 Å². The van der Waals surface area contributed by atoms with Crippen LogP contribution in [0.2, 0.25) is 5.15 Å².